The summed E-state index contributed by atoms with van der Waals surface area (Å²) in [5.74, 6) is 0. The molecule has 2 aliphatic rings. The maximum Gasteiger partial charge on any atom is 0.0881 e. The summed E-state index contributed by atoms with van der Waals surface area (Å²) in [5, 5.41) is 0. The lowest BCUT2D eigenvalue weighted by Gasteiger charge is -2.37. The van der Waals surface area contributed by atoms with E-state index in [4.69, 9.17) is 4.74 Å². The van der Waals surface area contributed by atoms with E-state index < -0.39 is 0 Å². The molecule has 0 aliphatic carbocycles. The van der Waals surface area contributed by atoms with E-state index in [-0.39, 0.29) is 6.10 Å². The van der Waals surface area contributed by atoms with Crippen molar-refractivity contribution >= 4 is 11.4 Å². The molecule has 2 aliphatic heterocycles. The molecule has 0 aromatic heterocycles. The van der Waals surface area contributed by atoms with Gasteiger partial charge in [-0.05, 0) is 53.6 Å². The van der Waals surface area contributed by atoms with Crippen molar-refractivity contribution in [1.82, 2.24) is 4.90 Å². The molecule has 3 aromatic rings. The zero-order chi connectivity index (χ0) is 21.0. The van der Waals surface area contributed by atoms with Gasteiger partial charge in [0.05, 0.1) is 19.3 Å². The Morgan fingerprint density at radius 3 is 2.45 bits per heavy atom. The normalized spacial score (nSPS) is 18.9. The second kappa shape index (κ2) is 9.25. The fraction of sp³-hybridized carbons (Fsp3) is 0.357. The molecule has 1 atom stereocenters. The fourth-order valence-electron chi connectivity index (χ4n) is 4.95. The van der Waals surface area contributed by atoms with Crippen molar-refractivity contribution in [2.75, 3.05) is 31.1 Å². The first-order chi connectivity index (χ1) is 15.3. The highest BCUT2D eigenvalue weighted by Gasteiger charge is 2.27. The maximum absolute atomic E-state index is 6.29. The molecule has 1 saturated heterocycles. The van der Waals surface area contributed by atoms with Crippen molar-refractivity contribution in [2.24, 2.45) is 0 Å². The average Bonchev–Trinajstić information content (AvgIpc) is 2.97. The first-order valence-corrected chi connectivity index (χ1v) is 11.7. The van der Waals surface area contributed by atoms with Gasteiger partial charge in [0, 0.05) is 31.0 Å². The quantitative estimate of drug-likeness (QED) is 0.559. The van der Waals surface area contributed by atoms with Gasteiger partial charge in [0.25, 0.3) is 0 Å². The smallest absolute Gasteiger partial charge is 0.0881 e. The van der Waals surface area contributed by atoms with Crippen LogP contribution in [-0.4, -0.2) is 37.2 Å². The summed E-state index contributed by atoms with van der Waals surface area (Å²) in [6.07, 6.45) is 3.45. The fourth-order valence-corrected chi connectivity index (χ4v) is 4.95. The van der Waals surface area contributed by atoms with E-state index >= 15 is 0 Å². The van der Waals surface area contributed by atoms with Gasteiger partial charge in [-0.3, -0.25) is 4.90 Å². The van der Waals surface area contributed by atoms with Gasteiger partial charge in [0.1, 0.15) is 0 Å². The van der Waals surface area contributed by atoms with Crippen LogP contribution in [0.1, 0.15) is 29.2 Å². The summed E-state index contributed by atoms with van der Waals surface area (Å²) in [6, 6.07) is 26.7. The number of hydrogen-bond acceptors (Lipinski definition) is 3. The SMILES string of the molecule is CCc1ccc2c(c1)N(CC1CN(Cc3ccccc3)CCO1)c1ccccc1CC2. The second-order valence-corrected chi connectivity index (χ2v) is 8.77. The van der Waals surface area contributed by atoms with E-state index in [0.717, 1.165) is 52.0 Å². The van der Waals surface area contributed by atoms with E-state index in [1.165, 1.54) is 33.6 Å². The largest absolute Gasteiger partial charge is 0.374 e. The number of aryl methyl sites for hydroxylation is 3. The van der Waals surface area contributed by atoms with Crippen molar-refractivity contribution in [3.05, 3.63) is 95.1 Å². The molecular formula is C28H32N2O. The molecule has 0 amide bonds. The summed E-state index contributed by atoms with van der Waals surface area (Å²) < 4.78 is 6.29. The lowest BCUT2D eigenvalue weighted by Crippen LogP contribution is -2.46. The van der Waals surface area contributed by atoms with Crippen LogP contribution in [0, 0.1) is 0 Å². The third-order valence-corrected chi connectivity index (χ3v) is 6.65. The third-order valence-electron chi connectivity index (χ3n) is 6.65. The molecule has 160 valence electrons. The topological polar surface area (TPSA) is 15.7 Å². The Balaban J connectivity index is 1.41. The zero-order valence-corrected chi connectivity index (χ0v) is 18.5. The number of para-hydroxylation sites is 1. The number of anilines is 2. The maximum atomic E-state index is 6.29. The Hall–Kier alpha value is -2.62. The monoisotopic (exact) mass is 412 g/mol. The first kappa shape index (κ1) is 20.3. The van der Waals surface area contributed by atoms with Crippen LogP contribution in [0.3, 0.4) is 0 Å². The van der Waals surface area contributed by atoms with Gasteiger partial charge in [0.15, 0.2) is 0 Å². The van der Waals surface area contributed by atoms with E-state index in [0.29, 0.717) is 0 Å². The van der Waals surface area contributed by atoms with Gasteiger partial charge < -0.3 is 9.64 Å². The van der Waals surface area contributed by atoms with Gasteiger partial charge in [0.2, 0.25) is 0 Å². The van der Waals surface area contributed by atoms with Gasteiger partial charge in [-0.1, -0.05) is 67.6 Å². The number of rotatable bonds is 5. The number of nitrogens with zero attached hydrogens (tertiary/aromatic N) is 2. The highest BCUT2D eigenvalue weighted by atomic mass is 16.5. The Morgan fingerprint density at radius 2 is 1.61 bits per heavy atom. The number of hydrogen-bond donors (Lipinski definition) is 0. The molecule has 0 saturated carbocycles. The number of morpholine rings is 1. The van der Waals surface area contributed by atoms with Crippen LogP contribution >= 0.6 is 0 Å². The summed E-state index contributed by atoms with van der Waals surface area (Å²) in [4.78, 5) is 5.07. The van der Waals surface area contributed by atoms with Crippen molar-refractivity contribution in [1.29, 1.82) is 0 Å². The molecule has 3 heteroatoms. The molecule has 0 spiro atoms. The standard InChI is InChI=1S/C28H32N2O/c1-2-22-12-13-25-15-14-24-10-6-7-11-27(24)30(28(25)18-22)21-26-20-29(16-17-31-26)19-23-8-4-3-5-9-23/h3-13,18,26H,2,14-17,19-21H2,1H3. The molecule has 1 unspecified atom stereocenters. The predicted molar refractivity (Wildman–Crippen MR) is 128 cm³/mol. The average molecular weight is 413 g/mol. The van der Waals surface area contributed by atoms with E-state index in [2.05, 4.69) is 89.5 Å². The Bertz CT molecular complexity index is 1020. The van der Waals surface area contributed by atoms with Crippen LogP contribution in [0.15, 0.2) is 72.8 Å². The van der Waals surface area contributed by atoms with E-state index in [1.807, 2.05) is 0 Å². The van der Waals surface area contributed by atoms with Crippen LogP contribution < -0.4 is 4.90 Å². The lowest BCUT2D eigenvalue weighted by atomic mass is 10.0. The molecular weight excluding hydrogens is 380 g/mol. The minimum Gasteiger partial charge on any atom is -0.374 e. The van der Waals surface area contributed by atoms with Crippen molar-refractivity contribution in [3.63, 3.8) is 0 Å². The van der Waals surface area contributed by atoms with E-state index in [1.54, 1.807) is 0 Å². The van der Waals surface area contributed by atoms with Crippen LogP contribution in [0.25, 0.3) is 0 Å². The molecule has 0 radical (unpaired) electrons. The number of ether oxygens (including phenoxy) is 1. The Labute approximate surface area is 186 Å². The second-order valence-electron chi connectivity index (χ2n) is 8.77. The first-order valence-electron chi connectivity index (χ1n) is 11.7. The summed E-state index contributed by atoms with van der Waals surface area (Å²) in [7, 11) is 0. The summed E-state index contributed by atoms with van der Waals surface area (Å²) in [6.45, 7) is 6.89. The van der Waals surface area contributed by atoms with Crippen LogP contribution in [0.2, 0.25) is 0 Å². The molecule has 3 aromatic carbocycles. The molecule has 5 rings (SSSR count). The van der Waals surface area contributed by atoms with Gasteiger partial charge in [-0.2, -0.15) is 0 Å². The number of benzene rings is 3. The molecule has 1 fully saturated rings. The summed E-state index contributed by atoms with van der Waals surface area (Å²) >= 11 is 0. The van der Waals surface area contributed by atoms with Crippen molar-refractivity contribution in [2.45, 2.75) is 38.8 Å². The molecule has 2 heterocycles. The van der Waals surface area contributed by atoms with Gasteiger partial charge in [-0.15, -0.1) is 0 Å². The van der Waals surface area contributed by atoms with Gasteiger partial charge in [-0.25, -0.2) is 0 Å². The minimum absolute atomic E-state index is 0.196. The predicted octanol–water partition coefficient (Wildman–Crippen LogP) is 5.39. The zero-order valence-electron chi connectivity index (χ0n) is 18.5. The Morgan fingerprint density at radius 1 is 0.839 bits per heavy atom. The minimum atomic E-state index is 0.196. The molecule has 0 bridgehead atoms. The van der Waals surface area contributed by atoms with Crippen molar-refractivity contribution < 1.29 is 4.74 Å². The van der Waals surface area contributed by atoms with Crippen LogP contribution in [0.4, 0.5) is 11.4 Å². The number of fused-ring (bicyclic) bond motifs is 2. The van der Waals surface area contributed by atoms with Crippen LogP contribution in [-0.2, 0) is 30.5 Å². The molecule has 31 heavy (non-hydrogen) atoms. The van der Waals surface area contributed by atoms with Crippen LogP contribution in [0.5, 0.6) is 0 Å². The molecule has 0 N–H and O–H groups in total. The lowest BCUT2D eigenvalue weighted by molar-refractivity contribution is -0.0259. The van der Waals surface area contributed by atoms with Gasteiger partial charge >= 0.3 is 0 Å². The highest BCUT2D eigenvalue weighted by molar-refractivity contribution is 5.71. The third kappa shape index (κ3) is 4.53. The highest BCUT2D eigenvalue weighted by Crippen LogP contribution is 2.37. The summed E-state index contributed by atoms with van der Waals surface area (Å²) in [5.41, 5.74) is 8.38. The van der Waals surface area contributed by atoms with E-state index in [9.17, 15) is 0 Å². The van der Waals surface area contributed by atoms with Crippen molar-refractivity contribution in [3.8, 4) is 0 Å². The Kier molecular flexibility index (Phi) is 6.06. The molecule has 3 nitrogen and oxygen atoms in total.